The summed E-state index contributed by atoms with van der Waals surface area (Å²) in [5.41, 5.74) is 2.83. The summed E-state index contributed by atoms with van der Waals surface area (Å²) in [6.07, 6.45) is 7.71. The minimum Gasteiger partial charge on any atom is -0.508 e. The van der Waals surface area contributed by atoms with Gasteiger partial charge in [0.25, 0.3) is 0 Å². The molecule has 2 heteroatoms. The second kappa shape index (κ2) is 3.16. The minimum absolute atomic E-state index is 0.314. The van der Waals surface area contributed by atoms with Gasteiger partial charge in [0.2, 0.25) is 0 Å². The Morgan fingerprint density at radius 1 is 1.13 bits per heavy atom. The number of rotatable bonds is 0. The van der Waals surface area contributed by atoms with Crippen LogP contribution in [0.2, 0.25) is 0 Å². The largest absolute Gasteiger partial charge is 0.508 e. The summed E-state index contributed by atoms with van der Waals surface area (Å²) in [6.45, 7) is 0. The molecule has 2 nitrogen and oxygen atoms in total. The fourth-order valence-corrected chi connectivity index (χ4v) is 3.07. The van der Waals surface area contributed by atoms with Crippen molar-refractivity contribution in [2.45, 2.75) is 44.1 Å². The van der Waals surface area contributed by atoms with Gasteiger partial charge in [-0.15, -0.1) is 0 Å². The number of phenolic OH excluding ortho intramolecular Hbond substituents is 1. The van der Waals surface area contributed by atoms with Crippen LogP contribution in [-0.4, -0.2) is 10.6 Å². The van der Waals surface area contributed by atoms with Crippen molar-refractivity contribution in [3.63, 3.8) is 0 Å². The van der Waals surface area contributed by atoms with Crippen molar-refractivity contribution in [1.29, 1.82) is 0 Å². The molecule has 15 heavy (non-hydrogen) atoms. The van der Waals surface area contributed by atoms with Gasteiger partial charge in [0.1, 0.15) is 5.75 Å². The highest BCUT2D eigenvalue weighted by Crippen LogP contribution is 2.42. The first kappa shape index (κ1) is 9.08. The van der Waals surface area contributed by atoms with Gasteiger partial charge in [-0.3, -0.25) is 0 Å². The Balaban J connectivity index is 1.90. The first-order chi connectivity index (χ1) is 7.27. The summed E-state index contributed by atoms with van der Waals surface area (Å²) < 4.78 is 0. The van der Waals surface area contributed by atoms with E-state index in [0.717, 1.165) is 6.42 Å². The van der Waals surface area contributed by atoms with Crippen molar-refractivity contribution in [1.82, 2.24) is 0 Å². The number of phenols is 1. The maximum absolute atomic E-state index is 9.46. The molecule has 0 atom stereocenters. The van der Waals surface area contributed by atoms with Crippen LogP contribution in [0.1, 0.15) is 37.7 Å². The smallest absolute Gasteiger partial charge is 0.116 e. The van der Waals surface area contributed by atoms with E-state index in [1.165, 1.54) is 43.4 Å². The maximum atomic E-state index is 9.46. The molecule has 3 rings (SSSR count). The van der Waals surface area contributed by atoms with Gasteiger partial charge in [-0.25, -0.2) is 0 Å². The fraction of sp³-hybridized carbons (Fsp3) is 0.538. The van der Waals surface area contributed by atoms with Crippen molar-refractivity contribution in [3.8, 4) is 5.75 Å². The van der Waals surface area contributed by atoms with Crippen molar-refractivity contribution in [2.75, 3.05) is 5.32 Å². The number of hydrogen-bond acceptors (Lipinski definition) is 2. The molecule has 1 spiro atoms. The quantitative estimate of drug-likeness (QED) is 0.635. The third-order valence-electron chi connectivity index (χ3n) is 3.83. The zero-order valence-electron chi connectivity index (χ0n) is 8.92. The summed E-state index contributed by atoms with van der Waals surface area (Å²) in [5, 5.41) is 13.1. The molecule has 80 valence electrons. The van der Waals surface area contributed by atoms with E-state index in [-0.39, 0.29) is 0 Å². The normalized spacial score (nSPS) is 22.4. The molecule has 1 aliphatic carbocycles. The Hall–Kier alpha value is -1.18. The summed E-state index contributed by atoms with van der Waals surface area (Å²) in [4.78, 5) is 0. The SMILES string of the molecule is Oc1ccc2c(c1)CC1(CCCCC1)N2. The standard InChI is InChI=1S/C13H17NO/c15-11-4-5-12-10(8-11)9-13(14-12)6-2-1-3-7-13/h4-5,8,14-15H,1-3,6-7,9H2. The highest BCUT2D eigenvalue weighted by Gasteiger charge is 2.37. The van der Waals surface area contributed by atoms with Crippen LogP contribution in [0.3, 0.4) is 0 Å². The van der Waals surface area contributed by atoms with E-state index >= 15 is 0 Å². The van der Waals surface area contributed by atoms with Crippen LogP contribution in [-0.2, 0) is 6.42 Å². The predicted molar refractivity (Wildman–Crippen MR) is 61.2 cm³/mol. The van der Waals surface area contributed by atoms with Gasteiger partial charge in [0, 0.05) is 11.2 Å². The topological polar surface area (TPSA) is 32.3 Å². The van der Waals surface area contributed by atoms with E-state index in [4.69, 9.17) is 0 Å². The summed E-state index contributed by atoms with van der Waals surface area (Å²) in [5.74, 6) is 0.392. The molecule has 1 aromatic rings. The fourth-order valence-electron chi connectivity index (χ4n) is 3.07. The average molecular weight is 203 g/mol. The van der Waals surface area contributed by atoms with Crippen molar-refractivity contribution < 1.29 is 5.11 Å². The highest BCUT2D eigenvalue weighted by atomic mass is 16.3. The van der Waals surface area contributed by atoms with Crippen molar-refractivity contribution in [2.24, 2.45) is 0 Å². The second-order valence-corrected chi connectivity index (χ2v) is 4.98. The monoisotopic (exact) mass is 203 g/mol. The lowest BCUT2D eigenvalue weighted by Crippen LogP contribution is -2.38. The molecule has 1 aromatic carbocycles. The van der Waals surface area contributed by atoms with E-state index in [1.54, 1.807) is 6.07 Å². The van der Waals surface area contributed by atoms with Crippen LogP contribution < -0.4 is 5.32 Å². The first-order valence-corrected chi connectivity index (χ1v) is 5.88. The van der Waals surface area contributed by atoms with E-state index in [1.807, 2.05) is 12.1 Å². The minimum atomic E-state index is 0.314. The third-order valence-corrected chi connectivity index (χ3v) is 3.83. The van der Waals surface area contributed by atoms with Gasteiger partial charge < -0.3 is 10.4 Å². The van der Waals surface area contributed by atoms with E-state index in [2.05, 4.69) is 5.32 Å². The van der Waals surface area contributed by atoms with Crippen LogP contribution >= 0.6 is 0 Å². The van der Waals surface area contributed by atoms with Gasteiger partial charge in [-0.05, 0) is 43.0 Å². The van der Waals surface area contributed by atoms with Gasteiger partial charge in [-0.1, -0.05) is 19.3 Å². The molecule has 1 saturated carbocycles. The molecular weight excluding hydrogens is 186 g/mol. The molecule has 0 radical (unpaired) electrons. The molecular formula is C13H17NO. The Kier molecular flexibility index (Phi) is 1.91. The number of anilines is 1. The number of aromatic hydroxyl groups is 1. The first-order valence-electron chi connectivity index (χ1n) is 5.88. The second-order valence-electron chi connectivity index (χ2n) is 4.98. The van der Waals surface area contributed by atoms with Gasteiger partial charge in [-0.2, -0.15) is 0 Å². The molecule has 0 saturated heterocycles. The van der Waals surface area contributed by atoms with Crippen molar-refractivity contribution >= 4 is 5.69 Å². The zero-order chi connectivity index (χ0) is 10.3. The zero-order valence-corrected chi connectivity index (χ0v) is 8.92. The molecule has 2 N–H and O–H groups in total. The molecule has 1 fully saturated rings. The lowest BCUT2D eigenvalue weighted by Gasteiger charge is -2.34. The maximum Gasteiger partial charge on any atom is 0.116 e. The molecule has 2 aliphatic rings. The Morgan fingerprint density at radius 3 is 2.73 bits per heavy atom. The molecule has 1 aliphatic heterocycles. The summed E-state index contributed by atoms with van der Waals surface area (Å²) >= 11 is 0. The van der Waals surface area contributed by atoms with Crippen LogP contribution in [0.15, 0.2) is 18.2 Å². The van der Waals surface area contributed by atoms with Crippen LogP contribution in [0.25, 0.3) is 0 Å². The molecule has 0 bridgehead atoms. The summed E-state index contributed by atoms with van der Waals surface area (Å²) in [6, 6.07) is 5.69. The summed E-state index contributed by atoms with van der Waals surface area (Å²) in [7, 11) is 0. The van der Waals surface area contributed by atoms with Gasteiger partial charge >= 0.3 is 0 Å². The van der Waals surface area contributed by atoms with E-state index in [9.17, 15) is 5.11 Å². The van der Waals surface area contributed by atoms with E-state index in [0.29, 0.717) is 11.3 Å². The Morgan fingerprint density at radius 2 is 1.93 bits per heavy atom. The third kappa shape index (κ3) is 1.48. The average Bonchev–Trinajstić information content (AvgIpc) is 2.56. The van der Waals surface area contributed by atoms with Gasteiger partial charge in [0.15, 0.2) is 0 Å². The highest BCUT2D eigenvalue weighted by molar-refractivity contribution is 5.61. The van der Waals surface area contributed by atoms with Gasteiger partial charge in [0.05, 0.1) is 0 Å². The Labute approximate surface area is 90.3 Å². The lowest BCUT2D eigenvalue weighted by atomic mass is 9.80. The molecule has 0 amide bonds. The van der Waals surface area contributed by atoms with Crippen LogP contribution in [0, 0.1) is 0 Å². The predicted octanol–water partition coefficient (Wildman–Crippen LogP) is 3.06. The molecule has 0 aromatic heterocycles. The Bertz CT molecular complexity index is 380. The van der Waals surface area contributed by atoms with E-state index < -0.39 is 0 Å². The van der Waals surface area contributed by atoms with Crippen LogP contribution in [0.5, 0.6) is 5.75 Å². The van der Waals surface area contributed by atoms with Crippen LogP contribution in [0.4, 0.5) is 5.69 Å². The number of benzene rings is 1. The lowest BCUT2D eigenvalue weighted by molar-refractivity contribution is 0.332. The number of nitrogens with one attached hydrogen (secondary N) is 1. The van der Waals surface area contributed by atoms with Crippen molar-refractivity contribution in [3.05, 3.63) is 23.8 Å². The number of fused-ring (bicyclic) bond motifs is 1. The molecule has 1 heterocycles. The molecule has 0 unspecified atom stereocenters. The number of hydrogen-bond donors (Lipinski definition) is 2.